The number of hydrogen-bond donors (Lipinski definition) is 0. The topological polar surface area (TPSA) is 69.7 Å². The SMILES string of the molecule is CCc1cccc(SC(F)(F)F)c1S(=O)(=O)OO[PH](C)=O. The fourth-order valence-corrected chi connectivity index (χ4v) is 4.16. The number of aryl methyl sites for hydroxylation is 1. The van der Waals surface area contributed by atoms with Crippen LogP contribution in [0.15, 0.2) is 28.0 Å². The highest BCUT2D eigenvalue weighted by atomic mass is 32.2. The van der Waals surface area contributed by atoms with Crippen molar-refractivity contribution in [2.24, 2.45) is 0 Å². The van der Waals surface area contributed by atoms with Crippen LogP contribution < -0.4 is 0 Å². The summed E-state index contributed by atoms with van der Waals surface area (Å²) in [6.45, 7) is 2.66. The number of alkyl halides is 3. The molecular weight excluding hydrogens is 352 g/mol. The smallest absolute Gasteiger partial charge is 0.294 e. The van der Waals surface area contributed by atoms with E-state index in [0.717, 1.165) is 12.7 Å². The van der Waals surface area contributed by atoms with E-state index >= 15 is 0 Å². The Balaban J connectivity index is 3.33. The minimum atomic E-state index is -4.66. The monoisotopic (exact) mass is 364 g/mol. The van der Waals surface area contributed by atoms with E-state index in [2.05, 4.69) is 9.01 Å². The van der Waals surface area contributed by atoms with E-state index in [4.69, 9.17) is 0 Å². The van der Waals surface area contributed by atoms with E-state index in [1.165, 1.54) is 12.1 Å². The number of halogens is 3. The average Bonchev–Trinajstić information content (AvgIpc) is 2.34. The molecule has 0 aliphatic heterocycles. The molecule has 0 aliphatic rings. The van der Waals surface area contributed by atoms with Crippen molar-refractivity contribution in [2.75, 3.05) is 6.66 Å². The summed E-state index contributed by atoms with van der Waals surface area (Å²) in [4.78, 5) is -1.15. The maximum absolute atomic E-state index is 12.5. The largest absolute Gasteiger partial charge is 0.446 e. The molecule has 0 fully saturated rings. The molecular formula is C10H12F3O5PS2. The van der Waals surface area contributed by atoms with Crippen molar-refractivity contribution in [3.63, 3.8) is 0 Å². The van der Waals surface area contributed by atoms with Crippen LogP contribution >= 0.6 is 19.8 Å². The van der Waals surface area contributed by atoms with Gasteiger partial charge in [-0.1, -0.05) is 23.4 Å². The molecule has 1 unspecified atom stereocenters. The second-order valence-electron chi connectivity index (χ2n) is 3.74. The summed E-state index contributed by atoms with van der Waals surface area (Å²) in [5.74, 6) is 0. The lowest BCUT2D eigenvalue weighted by Gasteiger charge is -2.14. The third-order valence-electron chi connectivity index (χ3n) is 2.16. The van der Waals surface area contributed by atoms with E-state index in [-0.39, 0.29) is 12.0 Å². The van der Waals surface area contributed by atoms with Gasteiger partial charge in [0.05, 0.1) is 0 Å². The predicted molar refractivity (Wildman–Crippen MR) is 72.0 cm³/mol. The van der Waals surface area contributed by atoms with Crippen LogP contribution in [0.4, 0.5) is 13.2 Å². The molecule has 0 bridgehead atoms. The first kappa shape index (κ1) is 18.5. The highest BCUT2D eigenvalue weighted by Crippen LogP contribution is 2.41. The molecule has 0 amide bonds. The van der Waals surface area contributed by atoms with Crippen LogP contribution in [0.1, 0.15) is 12.5 Å². The molecule has 0 radical (unpaired) electrons. The standard InChI is InChI=1S/C10H12F3O5PS2/c1-3-7-5-4-6-8(20-10(11,12)13)9(7)21(15,16)18-17-19(2)14/h4-6,19H,3H2,1-2H3. The zero-order valence-electron chi connectivity index (χ0n) is 10.9. The van der Waals surface area contributed by atoms with Gasteiger partial charge in [0.1, 0.15) is 4.90 Å². The van der Waals surface area contributed by atoms with Crippen LogP contribution in [0.25, 0.3) is 0 Å². The molecule has 0 aromatic heterocycles. The van der Waals surface area contributed by atoms with Gasteiger partial charge in [-0.2, -0.15) is 26.3 Å². The summed E-state index contributed by atoms with van der Waals surface area (Å²) in [5, 5.41) is 0. The van der Waals surface area contributed by atoms with E-state index in [0.29, 0.717) is 0 Å². The van der Waals surface area contributed by atoms with Crippen LogP contribution in [0.5, 0.6) is 0 Å². The molecule has 1 atom stereocenters. The Morgan fingerprint density at radius 1 is 1.33 bits per heavy atom. The highest BCUT2D eigenvalue weighted by Gasteiger charge is 2.34. The molecule has 0 aliphatic carbocycles. The van der Waals surface area contributed by atoms with Gasteiger partial charge in [0.25, 0.3) is 0 Å². The molecule has 0 heterocycles. The van der Waals surface area contributed by atoms with Gasteiger partial charge in [-0.05, 0) is 29.8 Å². The molecule has 21 heavy (non-hydrogen) atoms. The minimum Gasteiger partial charge on any atom is -0.294 e. The summed E-state index contributed by atoms with van der Waals surface area (Å²) >= 11 is -0.567. The lowest BCUT2D eigenvalue weighted by molar-refractivity contribution is -0.0835. The van der Waals surface area contributed by atoms with Crippen LogP contribution in [0, 0.1) is 0 Å². The quantitative estimate of drug-likeness (QED) is 0.332. The molecule has 0 saturated heterocycles. The summed E-state index contributed by atoms with van der Waals surface area (Å²) in [7, 11) is -7.34. The van der Waals surface area contributed by atoms with Crippen LogP contribution in [0.3, 0.4) is 0 Å². The first-order chi connectivity index (χ1) is 9.57. The van der Waals surface area contributed by atoms with Gasteiger partial charge in [0.15, 0.2) is 0 Å². The van der Waals surface area contributed by atoms with Gasteiger partial charge in [-0.25, -0.2) is 0 Å². The van der Waals surface area contributed by atoms with E-state index < -0.39 is 45.2 Å². The molecule has 1 aromatic rings. The normalized spacial score (nSPS) is 14.1. The second-order valence-corrected chi connectivity index (χ2v) is 7.45. The highest BCUT2D eigenvalue weighted by molar-refractivity contribution is 8.00. The molecule has 11 heteroatoms. The van der Waals surface area contributed by atoms with Crippen molar-refractivity contribution in [1.29, 1.82) is 0 Å². The zero-order chi connectivity index (χ0) is 16.3. The van der Waals surface area contributed by atoms with Crippen molar-refractivity contribution in [2.45, 2.75) is 28.6 Å². The van der Waals surface area contributed by atoms with Gasteiger partial charge in [0.2, 0.25) is 8.03 Å². The fraction of sp³-hybridized carbons (Fsp3) is 0.400. The number of thioether (sulfide) groups is 1. The third kappa shape index (κ3) is 5.63. The Kier molecular flexibility index (Phi) is 6.30. The number of rotatable bonds is 6. The van der Waals surface area contributed by atoms with Crippen molar-refractivity contribution in [1.82, 2.24) is 0 Å². The van der Waals surface area contributed by atoms with Crippen LogP contribution in [-0.4, -0.2) is 20.6 Å². The first-order valence-electron chi connectivity index (χ1n) is 5.56. The van der Waals surface area contributed by atoms with Gasteiger partial charge in [0, 0.05) is 11.6 Å². The molecule has 0 saturated carbocycles. The van der Waals surface area contributed by atoms with Gasteiger partial charge in [-0.15, -0.1) is 0 Å². The molecule has 0 spiro atoms. The molecule has 5 nitrogen and oxygen atoms in total. The Bertz CT molecular complexity index is 630. The third-order valence-corrected chi connectivity index (χ3v) is 4.75. The summed E-state index contributed by atoms with van der Waals surface area (Å²) in [5.41, 5.74) is -4.51. The Labute approximate surface area is 124 Å². The van der Waals surface area contributed by atoms with Crippen LogP contribution in [0.2, 0.25) is 0 Å². The van der Waals surface area contributed by atoms with Gasteiger partial charge in [-0.3, -0.25) is 4.57 Å². The first-order valence-corrected chi connectivity index (χ1v) is 9.60. The van der Waals surface area contributed by atoms with Crippen molar-refractivity contribution in [3.8, 4) is 0 Å². The summed E-state index contributed by atoms with van der Waals surface area (Å²) in [6, 6.07) is 3.70. The van der Waals surface area contributed by atoms with Gasteiger partial charge < -0.3 is 0 Å². The Morgan fingerprint density at radius 2 is 1.95 bits per heavy atom. The summed E-state index contributed by atoms with van der Waals surface area (Å²) in [6.07, 6.45) is 0.172. The summed E-state index contributed by atoms with van der Waals surface area (Å²) < 4.78 is 80.5. The number of hydrogen-bond acceptors (Lipinski definition) is 6. The minimum absolute atomic E-state index is 0.142. The maximum atomic E-state index is 12.5. The van der Waals surface area contributed by atoms with E-state index in [1.807, 2.05) is 0 Å². The molecule has 1 rings (SSSR count). The van der Waals surface area contributed by atoms with Crippen molar-refractivity contribution in [3.05, 3.63) is 23.8 Å². The number of benzene rings is 1. The zero-order valence-corrected chi connectivity index (χ0v) is 13.6. The van der Waals surface area contributed by atoms with Crippen molar-refractivity contribution >= 4 is 29.9 Å². The van der Waals surface area contributed by atoms with Crippen LogP contribution in [-0.2, 0) is 30.1 Å². The average molecular weight is 364 g/mol. The Hall–Kier alpha value is -0.540. The van der Waals surface area contributed by atoms with Crippen molar-refractivity contribution < 1.29 is 35.2 Å². The van der Waals surface area contributed by atoms with Gasteiger partial charge >= 0.3 is 15.6 Å². The fourth-order valence-electron chi connectivity index (χ4n) is 1.46. The molecule has 0 N–H and O–H groups in total. The Morgan fingerprint density at radius 3 is 2.43 bits per heavy atom. The molecule has 1 aromatic carbocycles. The van der Waals surface area contributed by atoms with E-state index in [1.54, 1.807) is 6.92 Å². The van der Waals surface area contributed by atoms with E-state index in [9.17, 15) is 26.2 Å². The molecule has 120 valence electrons. The predicted octanol–water partition coefficient (Wildman–Crippen LogP) is 3.60. The lowest BCUT2D eigenvalue weighted by Crippen LogP contribution is -2.11. The maximum Gasteiger partial charge on any atom is 0.446 e. The lowest BCUT2D eigenvalue weighted by atomic mass is 10.2. The second kappa shape index (κ2) is 7.15.